The second-order valence-corrected chi connectivity index (χ2v) is 7.41. The Balaban J connectivity index is 1.55. The molecule has 0 aliphatic rings. The van der Waals surface area contributed by atoms with E-state index in [1.54, 1.807) is 6.07 Å². The Labute approximate surface area is 156 Å². The largest absolute Gasteiger partial charge is 0.506 e. The lowest BCUT2D eigenvalue weighted by Crippen LogP contribution is -2.23. The van der Waals surface area contributed by atoms with E-state index < -0.39 is 6.10 Å². The number of aromatic nitrogens is 1. The summed E-state index contributed by atoms with van der Waals surface area (Å²) in [6, 6.07) is 11.8. The summed E-state index contributed by atoms with van der Waals surface area (Å²) in [4.78, 5) is 13.9. The van der Waals surface area contributed by atoms with E-state index >= 15 is 0 Å². The Morgan fingerprint density at radius 2 is 1.81 bits per heavy atom. The van der Waals surface area contributed by atoms with Gasteiger partial charge in [0.1, 0.15) is 11.3 Å². The number of nitrogens with one attached hydrogen (secondary N) is 2. The summed E-state index contributed by atoms with van der Waals surface area (Å²) in [7, 11) is 0. The van der Waals surface area contributed by atoms with Gasteiger partial charge in [0.2, 0.25) is 0 Å². The summed E-state index contributed by atoms with van der Waals surface area (Å²) < 4.78 is 0.607. The number of H-pyrrole nitrogens is 1. The third-order valence-electron chi connectivity index (χ3n) is 4.44. The quantitative estimate of drug-likeness (QED) is 0.458. The van der Waals surface area contributed by atoms with Crippen LogP contribution in [0.1, 0.15) is 36.1 Å². The van der Waals surface area contributed by atoms with Gasteiger partial charge in [0.25, 0.3) is 0 Å². The van der Waals surface area contributed by atoms with Gasteiger partial charge in [-0.05, 0) is 36.6 Å². The highest BCUT2D eigenvalue weighted by Crippen LogP contribution is 2.31. The molecule has 1 aromatic heterocycles. The summed E-state index contributed by atoms with van der Waals surface area (Å²) in [5, 5.41) is 23.5. The second-order valence-electron chi connectivity index (χ2n) is 6.43. The fourth-order valence-corrected chi connectivity index (χ4v) is 3.96. The molecular weight excluding hydrogens is 348 g/mol. The Morgan fingerprint density at radius 1 is 1.12 bits per heavy atom. The van der Waals surface area contributed by atoms with E-state index in [0.717, 1.165) is 37.1 Å². The molecule has 0 spiro atoms. The maximum atomic E-state index is 11.6. The van der Waals surface area contributed by atoms with Crippen LogP contribution in [-0.2, 0) is 12.8 Å². The van der Waals surface area contributed by atoms with Crippen LogP contribution in [0.15, 0.2) is 41.2 Å². The second kappa shape index (κ2) is 8.49. The zero-order valence-corrected chi connectivity index (χ0v) is 15.6. The van der Waals surface area contributed by atoms with Crippen LogP contribution >= 0.6 is 11.3 Å². The average Bonchev–Trinajstić information content (AvgIpc) is 3.03. The Bertz CT molecular complexity index is 915. The van der Waals surface area contributed by atoms with Gasteiger partial charge in [-0.2, -0.15) is 0 Å². The number of aliphatic hydroxyl groups is 1. The molecule has 5 nitrogen and oxygen atoms in total. The van der Waals surface area contributed by atoms with Crippen LogP contribution in [0.4, 0.5) is 0 Å². The standard InChI is InChI=1S/C20H24N2O3S/c1-2-3-13-4-6-14(7-5-13)10-11-21-12-17(24)15-8-9-16(23)18-19(15)26-20(25)22-18/h4-9,17,21,23-24H,2-3,10-12H2,1H3,(H,22,25). The van der Waals surface area contributed by atoms with Gasteiger partial charge in [0.15, 0.2) is 0 Å². The lowest BCUT2D eigenvalue weighted by Gasteiger charge is -2.13. The van der Waals surface area contributed by atoms with E-state index in [0.29, 0.717) is 22.3 Å². The Kier molecular flexibility index (Phi) is 6.08. The smallest absolute Gasteiger partial charge is 0.305 e. The van der Waals surface area contributed by atoms with Crippen LogP contribution in [0.3, 0.4) is 0 Å². The number of hydrogen-bond donors (Lipinski definition) is 4. The van der Waals surface area contributed by atoms with Gasteiger partial charge in [0, 0.05) is 12.1 Å². The number of rotatable bonds is 8. The molecule has 138 valence electrons. The minimum Gasteiger partial charge on any atom is -0.506 e. The molecule has 1 unspecified atom stereocenters. The molecule has 2 aromatic carbocycles. The molecule has 1 heterocycles. The Morgan fingerprint density at radius 3 is 2.50 bits per heavy atom. The number of benzene rings is 2. The first-order valence-electron chi connectivity index (χ1n) is 8.89. The number of hydrogen-bond acceptors (Lipinski definition) is 5. The van der Waals surface area contributed by atoms with Gasteiger partial charge in [-0.3, -0.25) is 4.79 Å². The van der Waals surface area contributed by atoms with Crippen molar-refractivity contribution in [3.05, 3.63) is 62.8 Å². The van der Waals surface area contributed by atoms with Crippen LogP contribution in [0.5, 0.6) is 5.75 Å². The van der Waals surface area contributed by atoms with Gasteiger partial charge in [-0.1, -0.05) is 55.0 Å². The number of phenols is 1. The maximum Gasteiger partial charge on any atom is 0.305 e. The number of fused-ring (bicyclic) bond motifs is 1. The van der Waals surface area contributed by atoms with Crippen molar-refractivity contribution in [2.24, 2.45) is 0 Å². The molecule has 0 amide bonds. The monoisotopic (exact) mass is 372 g/mol. The van der Waals surface area contributed by atoms with Crippen LogP contribution in [0.2, 0.25) is 0 Å². The summed E-state index contributed by atoms with van der Waals surface area (Å²) >= 11 is 1.00. The molecule has 3 rings (SSSR count). The molecule has 0 bridgehead atoms. The average molecular weight is 372 g/mol. The molecule has 0 fully saturated rings. The van der Waals surface area contributed by atoms with Crippen LogP contribution < -0.4 is 10.2 Å². The van der Waals surface area contributed by atoms with Gasteiger partial charge < -0.3 is 20.5 Å². The van der Waals surface area contributed by atoms with Crippen LogP contribution in [0.25, 0.3) is 10.2 Å². The highest BCUT2D eigenvalue weighted by atomic mass is 32.1. The topological polar surface area (TPSA) is 85.3 Å². The van der Waals surface area contributed by atoms with Gasteiger partial charge in [-0.15, -0.1) is 0 Å². The van der Waals surface area contributed by atoms with E-state index in [1.165, 1.54) is 17.2 Å². The molecule has 6 heteroatoms. The summed E-state index contributed by atoms with van der Waals surface area (Å²) in [5.74, 6) is 0.0220. The first kappa shape index (κ1) is 18.6. The molecule has 0 aliphatic heterocycles. The molecule has 1 atom stereocenters. The van der Waals surface area contributed by atoms with Crippen molar-refractivity contribution in [2.75, 3.05) is 13.1 Å². The third kappa shape index (κ3) is 4.33. The first-order valence-corrected chi connectivity index (χ1v) is 9.71. The third-order valence-corrected chi connectivity index (χ3v) is 5.37. The molecule has 0 aliphatic carbocycles. The van der Waals surface area contributed by atoms with E-state index in [-0.39, 0.29) is 10.6 Å². The lowest BCUT2D eigenvalue weighted by atomic mass is 10.1. The number of aryl methyl sites for hydroxylation is 1. The lowest BCUT2D eigenvalue weighted by molar-refractivity contribution is 0.177. The molecule has 0 saturated heterocycles. The fourth-order valence-electron chi connectivity index (χ4n) is 3.04. The van der Waals surface area contributed by atoms with Crippen molar-refractivity contribution in [1.29, 1.82) is 0 Å². The fraction of sp³-hybridized carbons (Fsp3) is 0.350. The summed E-state index contributed by atoms with van der Waals surface area (Å²) in [6.07, 6.45) is 2.41. The number of phenolic OH excluding ortho intramolecular Hbond substituents is 1. The van der Waals surface area contributed by atoms with Crippen molar-refractivity contribution in [1.82, 2.24) is 10.3 Å². The van der Waals surface area contributed by atoms with Crippen LogP contribution in [0, 0.1) is 0 Å². The minimum absolute atomic E-state index is 0.0220. The SMILES string of the molecule is CCCc1ccc(CCNCC(O)c2ccc(O)c3[nH]c(=O)sc23)cc1. The minimum atomic E-state index is -0.739. The van der Waals surface area contributed by atoms with E-state index in [9.17, 15) is 15.0 Å². The highest BCUT2D eigenvalue weighted by Gasteiger charge is 2.15. The number of aromatic amines is 1. The Hall–Kier alpha value is -2.15. The normalized spacial score (nSPS) is 12.5. The number of aromatic hydroxyl groups is 1. The van der Waals surface area contributed by atoms with Crippen molar-refractivity contribution in [2.45, 2.75) is 32.3 Å². The molecule has 3 aromatic rings. The van der Waals surface area contributed by atoms with E-state index in [2.05, 4.69) is 41.5 Å². The molecule has 0 radical (unpaired) electrons. The predicted octanol–water partition coefficient (Wildman–Crippen LogP) is 3.11. The van der Waals surface area contributed by atoms with Gasteiger partial charge in [0.05, 0.1) is 10.8 Å². The van der Waals surface area contributed by atoms with E-state index in [4.69, 9.17) is 0 Å². The van der Waals surface area contributed by atoms with Crippen molar-refractivity contribution in [3.63, 3.8) is 0 Å². The predicted molar refractivity (Wildman–Crippen MR) is 106 cm³/mol. The molecule has 26 heavy (non-hydrogen) atoms. The van der Waals surface area contributed by atoms with Crippen molar-refractivity contribution < 1.29 is 10.2 Å². The number of aliphatic hydroxyl groups excluding tert-OH is 1. The summed E-state index contributed by atoms with van der Waals surface area (Å²) in [5.41, 5.74) is 3.67. The zero-order chi connectivity index (χ0) is 18.5. The van der Waals surface area contributed by atoms with Crippen molar-refractivity contribution in [3.8, 4) is 5.75 Å². The highest BCUT2D eigenvalue weighted by molar-refractivity contribution is 7.16. The molecule has 0 saturated carbocycles. The zero-order valence-electron chi connectivity index (χ0n) is 14.8. The number of thiazole rings is 1. The van der Waals surface area contributed by atoms with Crippen LogP contribution in [-0.4, -0.2) is 28.3 Å². The first-order chi connectivity index (χ1) is 12.6. The molecular formula is C20H24N2O3S. The maximum absolute atomic E-state index is 11.6. The van der Waals surface area contributed by atoms with Gasteiger partial charge in [-0.25, -0.2) is 0 Å². The molecule has 4 N–H and O–H groups in total. The van der Waals surface area contributed by atoms with Gasteiger partial charge >= 0.3 is 4.87 Å². The van der Waals surface area contributed by atoms with E-state index in [1.807, 2.05) is 0 Å². The summed E-state index contributed by atoms with van der Waals surface area (Å²) in [6.45, 7) is 3.33. The van der Waals surface area contributed by atoms with Crippen molar-refractivity contribution >= 4 is 21.6 Å².